The molecule has 0 unspecified atom stereocenters. The van der Waals surface area contributed by atoms with Gasteiger partial charge in [0, 0.05) is 13.0 Å². The van der Waals surface area contributed by atoms with Crippen LogP contribution in [0.3, 0.4) is 0 Å². The van der Waals surface area contributed by atoms with Crippen molar-refractivity contribution in [1.82, 2.24) is 5.32 Å². The maximum atomic E-state index is 11.4. The fourth-order valence-corrected chi connectivity index (χ4v) is 1.37. The Morgan fingerprint density at radius 1 is 1.71 bits per heavy atom. The Kier molecular flexibility index (Phi) is 4.09. The van der Waals surface area contributed by atoms with Crippen LogP contribution in [0.4, 0.5) is 0 Å². The maximum absolute atomic E-state index is 11.4. The van der Waals surface area contributed by atoms with Gasteiger partial charge in [-0.1, -0.05) is 12.2 Å². The van der Waals surface area contributed by atoms with Gasteiger partial charge in [0.2, 0.25) is 0 Å². The number of carbonyl (C=O) groups excluding carboxylic acids is 1. The summed E-state index contributed by atoms with van der Waals surface area (Å²) >= 11 is 7.78. The first-order valence-electron chi connectivity index (χ1n) is 3.90. The van der Waals surface area contributed by atoms with Gasteiger partial charge in [0.15, 0.2) is 4.67 Å². The van der Waals surface area contributed by atoms with Crippen LogP contribution in [-0.2, 0) is 0 Å². The fourth-order valence-electron chi connectivity index (χ4n) is 0.850. The molecular weight excluding hydrogens is 268 g/mol. The first-order valence-corrected chi connectivity index (χ1v) is 5.11. The third-order valence-electron chi connectivity index (χ3n) is 1.52. The second-order valence-corrected chi connectivity index (χ2v) is 3.82. The molecule has 0 fully saturated rings. The summed E-state index contributed by atoms with van der Waals surface area (Å²) in [5.74, 6) is -0.207. The average Bonchev–Trinajstić information content (AvgIpc) is 2.50. The first-order chi connectivity index (χ1) is 6.61. The Bertz CT molecular complexity index is 351. The van der Waals surface area contributed by atoms with Crippen molar-refractivity contribution in [2.24, 2.45) is 5.73 Å². The van der Waals surface area contributed by atoms with E-state index in [9.17, 15) is 4.79 Å². The average molecular weight is 277 g/mol. The summed E-state index contributed by atoms with van der Waals surface area (Å²) in [6.45, 7) is 0.436. The van der Waals surface area contributed by atoms with Crippen molar-refractivity contribution in [3.63, 3.8) is 0 Å². The molecule has 1 heterocycles. The molecule has 0 atom stereocenters. The molecular formula is C8H9BrN2O2S. The highest BCUT2D eigenvalue weighted by Gasteiger charge is 2.11. The molecule has 1 aromatic rings. The zero-order valence-corrected chi connectivity index (χ0v) is 9.65. The van der Waals surface area contributed by atoms with Gasteiger partial charge in [-0.15, -0.1) is 0 Å². The topological polar surface area (TPSA) is 68.3 Å². The minimum absolute atomic E-state index is 0.207. The number of hydrogen-bond acceptors (Lipinski definition) is 3. The van der Waals surface area contributed by atoms with Gasteiger partial charge in [-0.25, -0.2) is 0 Å². The molecule has 14 heavy (non-hydrogen) atoms. The highest BCUT2D eigenvalue weighted by atomic mass is 79.9. The number of rotatable bonds is 4. The second kappa shape index (κ2) is 5.11. The van der Waals surface area contributed by atoms with Crippen LogP contribution in [-0.4, -0.2) is 17.4 Å². The summed E-state index contributed by atoms with van der Waals surface area (Å²) in [5, 5.41) is 2.66. The molecule has 0 bridgehead atoms. The Hall–Kier alpha value is -0.880. The highest BCUT2D eigenvalue weighted by molar-refractivity contribution is 9.10. The van der Waals surface area contributed by atoms with Crippen LogP contribution < -0.4 is 11.1 Å². The van der Waals surface area contributed by atoms with E-state index in [0.29, 0.717) is 28.2 Å². The Morgan fingerprint density at radius 2 is 2.43 bits per heavy atom. The maximum Gasteiger partial charge on any atom is 0.255 e. The van der Waals surface area contributed by atoms with Gasteiger partial charge < -0.3 is 15.5 Å². The lowest BCUT2D eigenvalue weighted by molar-refractivity contribution is 0.0953. The Balaban J connectivity index is 2.44. The van der Waals surface area contributed by atoms with E-state index >= 15 is 0 Å². The van der Waals surface area contributed by atoms with Crippen molar-refractivity contribution in [2.45, 2.75) is 6.42 Å². The predicted octanol–water partition coefficient (Wildman–Crippen LogP) is 1.45. The number of nitrogens with two attached hydrogens (primary N) is 1. The second-order valence-electron chi connectivity index (χ2n) is 2.58. The minimum atomic E-state index is -0.207. The van der Waals surface area contributed by atoms with E-state index in [2.05, 4.69) is 33.5 Å². The van der Waals surface area contributed by atoms with Gasteiger partial charge >= 0.3 is 0 Å². The predicted molar refractivity (Wildman–Crippen MR) is 60.1 cm³/mol. The number of hydrogen-bond donors (Lipinski definition) is 2. The fraction of sp³-hybridized carbons (Fsp3) is 0.250. The smallest absolute Gasteiger partial charge is 0.255 e. The third-order valence-corrected chi connectivity index (χ3v) is 2.34. The first kappa shape index (κ1) is 11.2. The largest absolute Gasteiger partial charge is 0.457 e. The lowest BCUT2D eigenvalue weighted by Gasteiger charge is -2.02. The molecule has 6 heteroatoms. The third kappa shape index (κ3) is 3.12. The Morgan fingerprint density at radius 3 is 2.93 bits per heavy atom. The molecule has 0 saturated carbocycles. The zero-order chi connectivity index (χ0) is 10.6. The van der Waals surface area contributed by atoms with Gasteiger partial charge in [-0.2, -0.15) is 0 Å². The van der Waals surface area contributed by atoms with Gasteiger partial charge in [0.1, 0.15) is 0 Å². The molecule has 0 aliphatic carbocycles. The van der Waals surface area contributed by atoms with E-state index in [4.69, 9.17) is 10.2 Å². The number of halogens is 1. The lowest BCUT2D eigenvalue weighted by atomic mass is 10.3. The van der Waals surface area contributed by atoms with Gasteiger partial charge in [0.25, 0.3) is 5.91 Å². The van der Waals surface area contributed by atoms with Crippen LogP contribution in [0.25, 0.3) is 0 Å². The molecule has 4 nitrogen and oxygen atoms in total. The van der Waals surface area contributed by atoms with Crippen LogP contribution >= 0.6 is 28.1 Å². The SMILES string of the molecule is NC(=S)CCNC(=O)c1ccoc1Br. The summed E-state index contributed by atoms with van der Waals surface area (Å²) in [4.78, 5) is 11.8. The standard InChI is InChI=1S/C8H9BrN2O2S/c9-7-5(2-4-13-7)8(12)11-3-1-6(10)14/h2,4H,1,3H2,(H2,10,14)(H,11,12). The van der Waals surface area contributed by atoms with E-state index < -0.39 is 0 Å². The minimum Gasteiger partial charge on any atom is -0.457 e. The van der Waals surface area contributed by atoms with Crippen molar-refractivity contribution < 1.29 is 9.21 Å². The van der Waals surface area contributed by atoms with E-state index in [1.165, 1.54) is 6.26 Å². The number of amides is 1. The van der Waals surface area contributed by atoms with Crippen LogP contribution in [0.5, 0.6) is 0 Å². The molecule has 76 valence electrons. The summed E-state index contributed by atoms with van der Waals surface area (Å²) in [7, 11) is 0. The van der Waals surface area contributed by atoms with Crippen LogP contribution in [0, 0.1) is 0 Å². The summed E-state index contributed by atoms with van der Waals surface area (Å²) < 4.78 is 5.34. The number of thiocarbonyl (C=S) groups is 1. The van der Waals surface area contributed by atoms with Crippen molar-refractivity contribution in [2.75, 3.05) is 6.54 Å². The molecule has 0 aliphatic heterocycles. The van der Waals surface area contributed by atoms with E-state index in [-0.39, 0.29) is 5.91 Å². The summed E-state index contributed by atoms with van der Waals surface area (Å²) in [6, 6.07) is 1.58. The van der Waals surface area contributed by atoms with Crippen LogP contribution in [0.1, 0.15) is 16.8 Å². The highest BCUT2D eigenvalue weighted by Crippen LogP contribution is 2.16. The van der Waals surface area contributed by atoms with Gasteiger partial charge in [0.05, 0.1) is 16.8 Å². The zero-order valence-electron chi connectivity index (χ0n) is 7.25. The van der Waals surface area contributed by atoms with Crippen LogP contribution in [0.15, 0.2) is 21.4 Å². The molecule has 0 saturated heterocycles. The van der Waals surface area contributed by atoms with E-state index in [1.54, 1.807) is 6.07 Å². The molecule has 0 radical (unpaired) electrons. The molecule has 1 amide bonds. The van der Waals surface area contributed by atoms with Gasteiger partial charge in [-0.05, 0) is 22.0 Å². The quantitative estimate of drug-likeness (QED) is 0.817. The van der Waals surface area contributed by atoms with Gasteiger partial charge in [-0.3, -0.25) is 4.79 Å². The number of furan rings is 1. The molecule has 0 aliphatic rings. The Labute approximate surface area is 95.0 Å². The van der Waals surface area contributed by atoms with Crippen LogP contribution in [0.2, 0.25) is 0 Å². The van der Waals surface area contributed by atoms with Crippen molar-refractivity contribution in [3.05, 3.63) is 22.6 Å². The normalized spacial score (nSPS) is 9.79. The number of carbonyl (C=O) groups is 1. The van der Waals surface area contributed by atoms with E-state index in [1.807, 2.05) is 0 Å². The van der Waals surface area contributed by atoms with Crippen molar-refractivity contribution in [1.29, 1.82) is 0 Å². The summed E-state index contributed by atoms with van der Waals surface area (Å²) in [5.41, 5.74) is 5.75. The molecule has 1 rings (SSSR count). The summed E-state index contributed by atoms with van der Waals surface area (Å²) in [6.07, 6.45) is 1.93. The molecule has 1 aromatic heterocycles. The number of nitrogens with one attached hydrogen (secondary N) is 1. The van der Waals surface area contributed by atoms with E-state index in [0.717, 1.165) is 0 Å². The monoisotopic (exact) mass is 276 g/mol. The molecule has 0 aromatic carbocycles. The van der Waals surface area contributed by atoms with Crippen molar-refractivity contribution in [3.8, 4) is 0 Å². The van der Waals surface area contributed by atoms with Crippen molar-refractivity contribution >= 4 is 39.0 Å². The lowest BCUT2D eigenvalue weighted by Crippen LogP contribution is -2.27. The molecule has 0 spiro atoms. The molecule has 3 N–H and O–H groups in total.